The third-order valence-corrected chi connectivity index (χ3v) is 5.63. The number of ether oxygens (including phenoxy) is 1. The first-order valence-corrected chi connectivity index (χ1v) is 8.72. The zero-order valence-electron chi connectivity index (χ0n) is 13.3. The Labute approximate surface area is 139 Å². The number of fused-ring (bicyclic) bond motifs is 1. The van der Waals surface area contributed by atoms with Gasteiger partial charge in [0.05, 0.1) is 12.2 Å². The summed E-state index contributed by atoms with van der Waals surface area (Å²) in [6, 6.07) is 4.11. The van der Waals surface area contributed by atoms with Gasteiger partial charge < -0.3 is 4.74 Å². The predicted molar refractivity (Wildman–Crippen MR) is 84.0 cm³/mol. The van der Waals surface area contributed by atoms with E-state index in [2.05, 4.69) is 10.1 Å². The molecule has 0 amide bonds. The summed E-state index contributed by atoms with van der Waals surface area (Å²) in [7, 11) is -0.600. The highest BCUT2D eigenvalue weighted by molar-refractivity contribution is 7.86. The molecule has 1 atom stereocenters. The van der Waals surface area contributed by atoms with Crippen molar-refractivity contribution in [3.8, 4) is 5.88 Å². The van der Waals surface area contributed by atoms with Gasteiger partial charge in [-0.15, -0.1) is 0 Å². The van der Waals surface area contributed by atoms with Crippen molar-refractivity contribution in [2.75, 3.05) is 27.2 Å². The van der Waals surface area contributed by atoms with Crippen LogP contribution in [0.3, 0.4) is 0 Å². The third kappa shape index (κ3) is 3.12. The average molecular weight is 355 g/mol. The van der Waals surface area contributed by atoms with Crippen LogP contribution in [-0.2, 0) is 16.8 Å². The second-order valence-corrected chi connectivity index (χ2v) is 7.75. The summed E-state index contributed by atoms with van der Waals surface area (Å²) in [5.74, 6) is -0.675. The van der Waals surface area contributed by atoms with Crippen LogP contribution >= 0.6 is 0 Å². The minimum Gasteiger partial charge on any atom is -0.473 e. The molecule has 3 heterocycles. The van der Waals surface area contributed by atoms with Crippen molar-refractivity contribution in [3.05, 3.63) is 42.1 Å². The zero-order chi connectivity index (χ0) is 17.3. The van der Waals surface area contributed by atoms with Crippen LogP contribution in [0.15, 0.2) is 30.6 Å². The molecule has 10 heteroatoms. The van der Waals surface area contributed by atoms with Crippen LogP contribution in [0.1, 0.15) is 11.7 Å². The van der Waals surface area contributed by atoms with Crippen molar-refractivity contribution in [3.63, 3.8) is 0 Å². The van der Waals surface area contributed by atoms with E-state index in [1.54, 1.807) is 16.9 Å². The maximum Gasteiger partial charge on any atom is 0.281 e. The SMILES string of the molecule is CN(C)S(=O)(=O)N1Cc2ccnn2[C@H](COc2ncccc2F)C1. The standard InChI is InChI=1S/C14H18FN5O3S/c1-18(2)24(21,22)19-8-11-5-7-17-20(11)12(9-19)10-23-14-13(15)4-3-6-16-14/h3-7,12H,8-10H2,1-2H3/t12-/m0/s1. The Balaban J connectivity index is 1.81. The Hall–Kier alpha value is -2.04. The van der Waals surface area contributed by atoms with E-state index in [9.17, 15) is 12.8 Å². The molecule has 130 valence electrons. The molecule has 3 rings (SSSR count). The number of aromatic nitrogens is 3. The molecule has 1 aliphatic heterocycles. The topological polar surface area (TPSA) is 80.6 Å². The molecule has 0 saturated heterocycles. The number of rotatable bonds is 5. The largest absolute Gasteiger partial charge is 0.473 e. The molecule has 0 bridgehead atoms. The summed E-state index contributed by atoms with van der Waals surface area (Å²) in [5, 5.41) is 4.22. The number of hydrogen-bond acceptors (Lipinski definition) is 5. The highest BCUT2D eigenvalue weighted by atomic mass is 32.2. The van der Waals surface area contributed by atoms with Gasteiger partial charge in [0.15, 0.2) is 5.82 Å². The molecule has 1 aliphatic rings. The Morgan fingerprint density at radius 2 is 2.17 bits per heavy atom. The summed E-state index contributed by atoms with van der Waals surface area (Å²) >= 11 is 0. The van der Waals surface area contributed by atoms with E-state index in [4.69, 9.17) is 4.74 Å². The van der Waals surface area contributed by atoms with Crippen molar-refractivity contribution < 1.29 is 17.5 Å². The average Bonchev–Trinajstić information content (AvgIpc) is 3.02. The van der Waals surface area contributed by atoms with E-state index in [1.165, 1.54) is 36.7 Å². The predicted octanol–water partition coefficient (Wildman–Crippen LogP) is 0.659. The van der Waals surface area contributed by atoms with Crippen molar-refractivity contribution in [2.45, 2.75) is 12.6 Å². The molecule has 0 saturated carbocycles. The van der Waals surface area contributed by atoms with Crippen LogP contribution in [-0.4, -0.2) is 59.0 Å². The van der Waals surface area contributed by atoms with Crippen molar-refractivity contribution in [1.29, 1.82) is 0 Å². The van der Waals surface area contributed by atoms with E-state index >= 15 is 0 Å². The molecular formula is C14H18FN5O3S. The van der Waals surface area contributed by atoms with Gasteiger partial charge in [0.1, 0.15) is 12.6 Å². The lowest BCUT2D eigenvalue weighted by Gasteiger charge is -2.34. The Morgan fingerprint density at radius 1 is 1.38 bits per heavy atom. The van der Waals surface area contributed by atoms with Crippen molar-refractivity contribution in [1.82, 2.24) is 23.4 Å². The molecule has 0 aromatic carbocycles. The van der Waals surface area contributed by atoms with Gasteiger partial charge in [-0.25, -0.2) is 9.37 Å². The summed E-state index contributed by atoms with van der Waals surface area (Å²) < 4.78 is 48.1. The first kappa shape index (κ1) is 16.8. The maximum absolute atomic E-state index is 13.6. The molecule has 0 aliphatic carbocycles. The van der Waals surface area contributed by atoms with E-state index in [-0.39, 0.29) is 31.6 Å². The van der Waals surface area contributed by atoms with Gasteiger partial charge in [0.25, 0.3) is 10.2 Å². The summed E-state index contributed by atoms with van der Waals surface area (Å²) in [4.78, 5) is 3.84. The van der Waals surface area contributed by atoms with Gasteiger partial charge in [0.2, 0.25) is 5.88 Å². The minimum absolute atomic E-state index is 0.0576. The van der Waals surface area contributed by atoms with E-state index in [1.807, 2.05) is 0 Å². The number of pyridine rings is 1. The Kier molecular flexibility index (Phi) is 4.52. The number of halogens is 1. The summed E-state index contributed by atoms with van der Waals surface area (Å²) in [6.45, 7) is 0.473. The molecule has 2 aromatic rings. The van der Waals surface area contributed by atoms with Crippen molar-refractivity contribution in [2.24, 2.45) is 0 Å². The lowest BCUT2D eigenvalue weighted by Crippen LogP contribution is -2.47. The minimum atomic E-state index is -3.56. The maximum atomic E-state index is 13.6. The molecule has 0 fully saturated rings. The molecule has 0 N–H and O–H groups in total. The molecule has 0 spiro atoms. The lowest BCUT2D eigenvalue weighted by atomic mass is 10.2. The van der Waals surface area contributed by atoms with Gasteiger partial charge in [-0.2, -0.15) is 22.1 Å². The van der Waals surface area contributed by atoms with Crippen LogP contribution in [0.2, 0.25) is 0 Å². The first-order valence-electron chi connectivity index (χ1n) is 7.33. The van der Waals surface area contributed by atoms with Crippen LogP contribution < -0.4 is 4.74 Å². The normalized spacial score (nSPS) is 18.6. The quantitative estimate of drug-likeness (QED) is 0.787. The smallest absolute Gasteiger partial charge is 0.281 e. The van der Waals surface area contributed by atoms with E-state index in [0.29, 0.717) is 0 Å². The van der Waals surface area contributed by atoms with Gasteiger partial charge >= 0.3 is 0 Å². The highest BCUT2D eigenvalue weighted by Gasteiger charge is 2.34. The van der Waals surface area contributed by atoms with Crippen LogP contribution in [0, 0.1) is 5.82 Å². The fraction of sp³-hybridized carbons (Fsp3) is 0.429. The summed E-state index contributed by atoms with van der Waals surface area (Å²) in [5.41, 5.74) is 0.752. The van der Waals surface area contributed by atoms with E-state index < -0.39 is 16.0 Å². The van der Waals surface area contributed by atoms with Crippen LogP contribution in [0.25, 0.3) is 0 Å². The number of nitrogens with zero attached hydrogens (tertiary/aromatic N) is 5. The van der Waals surface area contributed by atoms with Crippen molar-refractivity contribution >= 4 is 10.2 Å². The Bertz CT molecular complexity index is 823. The second-order valence-electron chi connectivity index (χ2n) is 5.61. The number of hydrogen-bond donors (Lipinski definition) is 0. The third-order valence-electron chi connectivity index (χ3n) is 3.78. The molecule has 8 nitrogen and oxygen atoms in total. The lowest BCUT2D eigenvalue weighted by molar-refractivity contribution is 0.170. The monoisotopic (exact) mass is 355 g/mol. The van der Waals surface area contributed by atoms with E-state index in [0.717, 1.165) is 10.00 Å². The van der Waals surface area contributed by atoms with Gasteiger partial charge in [-0.3, -0.25) is 4.68 Å². The van der Waals surface area contributed by atoms with Crippen LogP contribution in [0.5, 0.6) is 5.88 Å². The first-order chi connectivity index (χ1) is 11.4. The fourth-order valence-corrected chi connectivity index (χ4v) is 3.65. The van der Waals surface area contributed by atoms with Gasteiger partial charge in [-0.1, -0.05) is 0 Å². The Morgan fingerprint density at radius 3 is 2.88 bits per heavy atom. The van der Waals surface area contributed by atoms with Crippen LogP contribution in [0.4, 0.5) is 4.39 Å². The highest BCUT2D eigenvalue weighted by Crippen LogP contribution is 2.24. The molecule has 2 aromatic heterocycles. The second kappa shape index (κ2) is 6.46. The summed E-state index contributed by atoms with van der Waals surface area (Å²) in [6.07, 6.45) is 3.04. The molecule has 0 radical (unpaired) electrons. The molecular weight excluding hydrogens is 337 g/mol. The van der Waals surface area contributed by atoms with Gasteiger partial charge in [0, 0.05) is 33.0 Å². The molecule has 0 unspecified atom stereocenters. The van der Waals surface area contributed by atoms with Gasteiger partial charge in [-0.05, 0) is 18.2 Å². The molecule has 24 heavy (non-hydrogen) atoms. The zero-order valence-corrected chi connectivity index (χ0v) is 14.1. The fourth-order valence-electron chi connectivity index (χ4n) is 2.54.